The molecule has 0 atom stereocenters. The zero-order valence-corrected chi connectivity index (χ0v) is 11.0. The number of aromatic nitrogens is 1. The van der Waals surface area contributed by atoms with Crippen molar-refractivity contribution in [2.45, 2.75) is 19.9 Å². The fourth-order valence-electron chi connectivity index (χ4n) is 1.38. The Balaban J connectivity index is 2.86. The average Bonchev–Trinajstić information content (AvgIpc) is 2.56. The summed E-state index contributed by atoms with van der Waals surface area (Å²) < 4.78 is 2.58. The Labute approximate surface area is 104 Å². The lowest BCUT2D eigenvalue weighted by Crippen LogP contribution is -2.27. The first kappa shape index (κ1) is 12.8. The molecule has 0 saturated carbocycles. The van der Waals surface area contributed by atoms with Crippen molar-refractivity contribution in [3.05, 3.63) is 29.0 Å². The second-order valence-electron chi connectivity index (χ2n) is 3.86. The quantitative estimate of drug-likeness (QED) is 0.892. The molecule has 1 amide bonds. The molecular weight excluding hydrogens is 270 g/mol. The van der Waals surface area contributed by atoms with Crippen LogP contribution in [0.1, 0.15) is 30.4 Å². The van der Waals surface area contributed by atoms with E-state index in [9.17, 15) is 4.79 Å². The molecule has 0 aliphatic rings. The molecule has 0 saturated heterocycles. The number of halogens is 1. The summed E-state index contributed by atoms with van der Waals surface area (Å²) in [6, 6.07) is 1.87. The maximum atomic E-state index is 11.8. The van der Waals surface area contributed by atoms with Crippen LogP contribution in [0.3, 0.4) is 0 Å². The standard InChI is InChI=1S/C11H16BrN3O/c1-7(2)15-6-9(13)4-10(15)11(16)14-5-8(3)12/h4,6-7H,3,5,13H2,1-2H3,(H,14,16). The van der Waals surface area contributed by atoms with Crippen LogP contribution in [-0.4, -0.2) is 17.0 Å². The average molecular weight is 286 g/mol. The minimum atomic E-state index is -0.147. The Hall–Kier alpha value is -1.23. The number of rotatable bonds is 4. The Kier molecular flexibility index (Phi) is 4.18. The van der Waals surface area contributed by atoms with Crippen LogP contribution < -0.4 is 11.1 Å². The number of amides is 1. The topological polar surface area (TPSA) is 60.1 Å². The van der Waals surface area contributed by atoms with E-state index in [0.717, 1.165) is 4.48 Å². The Bertz CT molecular complexity index is 409. The van der Waals surface area contributed by atoms with E-state index in [0.29, 0.717) is 17.9 Å². The monoisotopic (exact) mass is 285 g/mol. The number of carbonyl (C=O) groups is 1. The molecule has 16 heavy (non-hydrogen) atoms. The SMILES string of the molecule is C=C(Br)CNC(=O)c1cc(N)cn1C(C)C. The van der Waals surface area contributed by atoms with Crippen molar-refractivity contribution in [1.29, 1.82) is 0 Å². The minimum Gasteiger partial charge on any atom is -0.397 e. The van der Waals surface area contributed by atoms with Crippen LogP contribution in [0.5, 0.6) is 0 Å². The zero-order valence-electron chi connectivity index (χ0n) is 9.46. The van der Waals surface area contributed by atoms with Crippen LogP contribution in [0.4, 0.5) is 5.69 Å². The van der Waals surface area contributed by atoms with E-state index in [2.05, 4.69) is 27.8 Å². The van der Waals surface area contributed by atoms with Gasteiger partial charge in [-0.25, -0.2) is 0 Å². The molecule has 0 unspecified atom stereocenters. The summed E-state index contributed by atoms with van der Waals surface area (Å²) in [4.78, 5) is 11.8. The van der Waals surface area contributed by atoms with Crippen LogP contribution in [0, 0.1) is 0 Å². The molecule has 0 aromatic carbocycles. The van der Waals surface area contributed by atoms with Gasteiger partial charge in [0.25, 0.3) is 5.91 Å². The van der Waals surface area contributed by atoms with Crippen molar-refractivity contribution >= 4 is 27.5 Å². The molecule has 0 aliphatic heterocycles. The molecule has 0 radical (unpaired) electrons. The van der Waals surface area contributed by atoms with Gasteiger partial charge < -0.3 is 15.6 Å². The van der Waals surface area contributed by atoms with E-state index in [1.165, 1.54) is 0 Å². The number of anilines is 1. The number of nitrogens with zero attached hydrogens (tertiary/aromatic N) is 1. The molecule has 88 valence electrons. The third kappa shape index (κ3) is 3.13. The lowest BCUT2D eigenvalue weighted by molar-refractivity contribution is 0.0947. The molecule has 1 rings (SSSR count). The summed E-state index contributed by atoms with van der Waals surface area (Å²) in [6.45, 7) is 8.06. The van der Waals surface area contributed by atoms with Crippen molar-refractivity contribution in [3.8, 4) is 0 Å². The summed E-state index contributed by atoms with van der Waals surface area (Å²) >= 11 is 3.19. The molecule has 5 heteroatoms. The molecular formula is C11H16BrN3O. The predicted molar refractivity (Wildman–Crippen MR) is 69.6 cm³/mol. The highest BCUT2D eigenvalue weighted by molar-refractivity contribution is 9.11. The normalized spacial score (nSPS) is 10.5. The first-order valence-corrected chi connectivity index (χ1v) is 5.80. The van der Waals surface area contributed by atoms with Gasteiger partial charge >= 0.3 is 0 Å². The fourth-order valence-corrected chi connectivity index (χ4v) is 1.52. The fraction of sp³-hybridized carbons (Fsp3) is 0.364. The van der Waals surface area contributed by atoms with Gasteiger partial charge in [0.15, 0.2) is 0 Å². The number of nitrogens with two attached hydrogens (primary N) is 1. The lowest BCUT2D eigenvalue weighted by atomic mass is 10.3. The van der Waals surface area contributed by atoms with Crippen LogP contribution in [0.2, 0.25) is 0 Å². The van der Waals surface area contributed by atoms with E-state index in [4.69, 9.17) is 5.73 Å². The molecule has 0 spiro atoms. The first-order chi connectivity index (χ1) is 7.41. The Morgan fingerprint density at radius 2 is 2.31 bits per heavy atom. The third-order valence-corrected chi connectivity index (χ3v) is 2.38. The predicted octanol–water partition coefficient (Wildman–Crippen LogP) is 2.29. The molecule has 4 nitrogen and oxygen atoms in total. The number of carbonyl (C=O) groups excluding carboxylic acids is 1. The van der Waals surface area contributed by atoms with Gasteiger partial charge in [0.05, 0.1) is 5.69 Å². The summed E-state index contributed by atoms with van der Waals surface area (Å²) in [5.41, 5.74) is 6.85. The smallest absolute Gasteiger partial charge is 0.268 e. The van der Waals surface area contributed by atoms with Crippen LogP contribution in [0.25, 0.3) is 0 Å². The second-order valence-corrected chi connectivity index (χ2v) is 4.98. The van der Waals surface area contributed by atoms with Gasteiger partial charge in [-0.15, -0.1) is 0 Å². The van der Waals surface area contributed by atoms with Crippen LogP contribution in [-0.2, 0) is 0 Å². The maximum Gasteiger partial charge on any atom is 0.268 e. The second kappa shape index (κ2) is 5.21. The highest BCUT2D eigenvalue weighted by atomic mass is 79.9. The molecule has 3 N–H and O–H groups in total. The van der Waals surface area contributed by atoms with E-state index in [1.807, 2.05) is 18.4 Å². The summed E-state index contributed by atoms with van der Waals surface area (Å²) in [5, 5.41) is 2.75. The lowest BCUT2D eigenvalue weighted by Gasteiger charge is -2.12. The maximum absolute atomic E-state index is 11.8. The van der Waals surface area contributed by atoms with Crippen molar-refractivity contribution in [2.24, 2.45) is 0 Å². The number of nitrogen functional groups attached to an aromatic ring is 1. The van der Waals surface area contributed by atoms with Gasteiger partial charge in [0.1, 0.15) is 5.69 Å². The van der Waals surface area contributed by atoms with E-state index < -0.39 is 0 Å². The minimum absolute atomic E-state index is 0.147. The molecule has 0 bridgehead atoms. The molecule has 1 aromatic rings. The zero-order chi connectivity index (χ0) is 12.3. The molecule has 1 aromatic heterocycles. The molecule has 0 aliphatic carbocycles. The van der Waals surface area contributed by atoms with Gasteiger partial charge in [-0.05, 0) is 19.9 Å². The largest absolute Gasteiger partial charge is 0.397 e. The third-order valence-electron chi connectivity index (χ3n) is 2.10. The van der Waals surface area contributed by atoms with Crippen molar-refractivity contribution in [2.75, 3.05) is 12.3 Å². The van der Waals surface area contributed by atoms with Crippen molar-refractivity contribution < 1.29 is 4.79 Å². The van der Waals surface area contributed by atoms with Gasteiger partial charge in [0.2, 0.25) is 0 Å². The van der Waals surface area contributed by atoms with E-state index >= 15 is 0 Å². The number of nitrogens with one attached hydrogen (secondary N) is 1. The van der Waals surface area contributed by atoms with Crippen LogP contribution >= 0.6 is 15.9 Å². The summed E-state index contributed by atoms with van der Waals surface area (Å²) in [7, 11) is 0. The Morgan fingerprint density at radius 1 is 1.69 bits per heavy atom. The number of hydrogen-bond donors (Lipinski definition) is 2. The molecule has 1 heterocycles. The van der Waals surface area contributed by atoms with Gasteiger partial charge in [-0.2, -0.15) is 0 Å². The van der Waals surface area contributed by atoms with Crippen molar-refractivity contribution in [1.82, 2.24) is 9.88 Å². The summed E-state index contributed by atoms with van der Waals surface area (Å²) in [5.74, 6) is -0.147. The Morgan fingerprint density at radius 3 is 2.81 bits per heavy atom. The summed E-state index contributed by atoms with van der Waals surface area (Å²) in [6.07, 6.45) is 1.77. The van der Waals surface area contributed by atoms with E-state index in [1.54, 1.807) is 12.3 Å². The first-order valence-electron chi connectivity index (χ1n) is 5.00. The van der Waals surface area contributed by atoms with Gasteiger partial charge in [-0.3, -0.25) is 4.79 Å². The van der Waals surface area contributed by atoms with Gasteiger partial charge in [-0.1, -0.05) is 22.5 Å². The van der Waals surface area contributed by atoms with Gasteiger partial charge in [0, 0.05) is 23.3 Å². The van der Waals surface area contributed by atoms with Crippen molar-refractivity contribution in [3.63, 3.8) is 0 Å². The van der Waals surface area contributed by atoms with Crippen LogP contribution in [0.15, 0.2) is 23.3 Å². The molecule has 0 fully saturated rings. The van der Waals surface area contributed by atoms with E-state index in [-0.39, 0.29) is 11.9 Å². The highest BCUT2D eigenvalue weighted by Crippen LogP contribution is 2.16. The number of hydrogen-bond acceptors (Lipinski definition) is 2. The highest BCUT2D eigenvalue weighted by Gasteiger charge is 2.14.